The number of benzene rings is 2. The molecule has 11 rings (SSSR count). The van der Waals surface area contributed by atoms with E-state index in [1.165, 1.54) is 36.1 Å². The molecule has 1 atom stereocenters. The number of fused-ring (bicyclic) bond motifs is 2. The fraction of sp³-hybridized carbons (Fsp3) is 0.547. The van der Waals surface area contributed by atoms with Crippen LogP contribution in [0.15, 0.2) is 72.0 Å². The van der Waals surface area contributed by atoms with E-state index in [1.54, 1.807) is 23.5 Å². The maximum absolute atomic E-state index is 14.7. The number of piperidine rings is 4. The molecule has 3 aromatic heterocycles. The Bertz CT molecular complexity index is 2860. The molecule has 9 heterocycles. The molecule has 0 saturated carbocycles. The summed E-state index contributed by atoms with van der Waals surface area (Å²) in [5.74, 6) is 2.03. The van der Waals surface area contributed by atoms with Gasteiger partial charge in [-0.25, -0.2) is 4.79 Å². The topological polar surface area (TPSA) is 143 Å². The molecule has 18 heteroatoms. The Morgan fingerprint density at radius 2 is 1.55 bits per heavy atom. The Morgan fingerprint density at radius 3 is 2.24 bits per heavy atom. The number of hydrogen-bond acceptors (Lipinski definition) is 10. The fourth-order valence-corrected chi connectivity index (χ4v) is 12.4. The number of rotatable bonds is 13. The molecule has 5 saturated heterocycles. The lowest BCUT2D eigenvalue weighted by atomic mass is 9.75. The molecular formula is C53H63F3N10O5. The number of nitrogens with zero attached hydrogens (tertiary/aromatic N) is 9. The summed E-state index contributed by atoms with van der Waals surface area (Å²) >= 11 is 0. The minimum atomic E-state index is -4.64. The number of nitrogens with one attached hydrogen (secondary N) is 1. The summed E-state index contributed by atoms with van der Waals surface area (Å²) in [6, 6.07) is 14.1. The monoisotopic (exact) mass is 976 g/mol. The first-order valence-electron chi connectivity index (χ1n) is 25.6. The highest BCUT2D eigenvalue weighted by Crippen LogP contribution is 2.39. The number of imide groups is 1. The first kappa shape index (κ1) is 47.5. The van der Waals surface area contributed by atoms with Crippen molar-refractivity contribution < 1.29 is 32.3 Å². The van der Waals surface area contributed by atoms with Crippen LogP contribution in [0.3, 0.4) is 0 Å². The summed E-state index contributed by atoms with van der Waals surface area (Å²) in [4.78, 5) is 60.2. The molecule has 0 radical (unpaired) electrons. The molecule has 6 aliphatic rings. The first-order valence-corrected chi connectivity index (χ1v) is 25.6. The Kier molecular flexibility index (Phi) is 12.9. The van der Waals surface area contributed by atoms with Crippen LogP contribution in [0.1, 0.15) is 103 Å². The standard InChI is InChI=1S/C53H63F3N10O5/c1-60-34-57-59-47(60)27-52(32-71-33-52)40-3-2-4-42(26-40)64-31-46-44(53(54,55)56)24-38(29-66(46)51(64)70)28-62-19-10-35(11-20-62)9-16-61-17-12-36(13-18-61)23-37-14-21-63(22-15-37)41-5-6-43-39(25-41)30-65(50(43)69)45-7-8-48(67)58-49(45)68/h2-6,24-26,29,31,34-37,45H,7-23,27-28,30,32-33H2,1H3,(H,58,67,68). The van der Waals surface area contributed by atoms with Gasteiger partial charge in [0.15, 0.2) is 0 Å². The quantitative estimate of drug-likeness (QED) is 0.137. The maximum Gasteiger partial charge on any atom is 0.418 e. The zero-order chi connectivity index (χ0) is 49.0. The molecule has 2 aromatic carbocycles. The second-order valence-electron chi connectivity index (χ2n) is 21.4. The summed E-state index contributed by atoms with van der Waals surface area (Å²) in [5, 5.41) is 10.6. The van der Waals surface area contributed by atoms with Crippen LogP contribution in [0, 0.1) is 17.8 Å². The normalized spacial score (nSPS) is 22.1. The highest BCUT2D eigenvalue weighted by Gasteiger charge is 2.43. The van der Waals surface area contributed by atoms with Gasteiger partial charge in [0.25, 0.3) is 5.91 Å². The van der Waals surface area contributed by atoms with Crippen LogP contribution in [0.4, 0.5) is 18.9 Å². The lowest BCUT2D eigenvalue weighted by molar-refractivity contribution is -0.137. The minimum absolute atomic E-state index is 0.137. The Labute approximate surface area is 410 Å². The number of pyridine rings is 1. The SMILES string of the molecule is Cn1cnnc1CC1(c2cccc(-n3cc4c(C(F)(F)F)cc(CN5CCC(CCN6CCC(CC7CCN(c8ccc9c(c8)CN(C8CCC(=O)NC8=O)C9=O)CC7)CC6)CC5)cn4c3=O)c2)COC1. The predicted octanol–water partition coefficient (Wildman–Crippen LogP) is 6.13. The van der Waals surface area contributed by atoms with Gasteiger partial charge in [0.2, 0.25) is 11.8 Å². The van der Waals surface area contributed by atoms with Gasteiger partial charge in [0, 0.05) is 75.1 Å². The number of amides is 3. The number of hydrogen-bond donors (Lipinski definition) is 1. The smallest absolute Gasteiger partial charge is 0.379 e. The maximum atomic E-state index is 14.7. The van der Waals surface area contributed by atoms with Crippen molar-refractivity contribution in [3.8, 4) is 5.69 Å². The van der Waals surface area contributed by atoms with E-state index in [0.717, 1.165) is 111 Å². The van der Waals surface area contributed by atoms with E-state index in [9.17, 15) is 32.3 Å². The van der Waals surface area contributed by atoms with Gasteiger partial charge in [-0.05, 0) is 161 Å². The van der Waals surface area contributed by atoms with E-state index in [4.69, 9.17) is 4.74 Å². The zero-order valence-corrected chi connectivity index (χ0v) is 40.4. The molecule has 71 heavy (non-hydrogen) atoms. The number of imidazole rings is 1. The second kappa shape index (κ2) is 19.3. The van der Waals surface area contributed by atoms with Crippen molar-refractivity contribution in [2.45, 2.75) is 101 Å². The molecule has 0 aliphatic carbocycles. The van der Waals surface area contributed by atoms with Crippen molar-refractivity contribution in [2.75, 3.05) is 63.9 Å². The van der Waals surface area contributed by atoms with Crippen molar-refractivity contribution in [3.05, 3.63) is 111 Å². The van der Waals surface area contributed by atoms with E-state index < -0.39 is 23.5 Å². The number of aromatic nitrogens is 5. The van der Waals surface area contributed by atoms with Gasteiger partial charge in [-0.1, -0.05) is 12.1 Å². The number of anilines is 1. The van der Waals surface area contributed by atoms with E-state index in [1.807, 2.05) is 41.9 Å². The summed E-state index contributed by atoms with van der Waals surface area (Å²) in [6.45, 7) is 8.59. The number of carbonyl (C=O) groups excluding carboxylic acids is 3. The third-order valence-electron chi connectivity index (χ3n) is 16.8. The molecular weight excluding hydrogens is 914 g/mol. The number of alkyl halides is 3. The van der Waals surface area contributed by atoms with Crippen molar-refractivity contribution in [1.82, 2.24) is 43.7 Å². The van der Waals surface area contributed by atoms with Gasteiger partial charge in [-0.15, -0.1) is 10.2 Å². The van der Waals surface area contributed by atoms with Crippen LogP contribution in [0.2, 0.25) is 0 Å². The van der Waals surface area contributed by atoms with Gasteiger partial charge < -0.3 is 24.0 Å². The van der Waals surface area contributed by atoms with Gasteiger partial charge in [-0.3, -0.25) is 33.6 Å². The largest absolute Gasteiger partial charge is 0.418 e. The summed E-state index contributed by atoms with van der Waals surface area (Å²) in [5.41, 5.74) is 2.71. The third-order valence-corrected chi connectivity index (χ3v) is 16.8. The molecule has 1 unspecified atom stereocenters. The molecule has 5 aromatic rings. The van der Waals surface area contributed by atoms with Crippen LogP contribution in [-0.2, 0) is 52.5 Å². The van der Waals surface area contributed by atoms with E-state index in [0.29, 0.717) is 67.8 Å². The molecule has 5 fully saturated rings. The Hall–Kier alpha value is -5.85. The summed E-state index contributed by atoms with van der Waals surface area (Å²) in [7, 11) is 1.88. The molecule has 376 valence electrons. The lowest BCUT2D eigenvalue weighted by Crippen LogP contribution is -2.52. The Balaban J connectivity index is 0.634. The number of halogens is 3. The van der Waals surface area contributed by atoms with Gasteiger partial charge in [-0.2, -0.15) is 13.2 Å². The average molecular weight is 977 g/mol. The van der Waals surface area contributed by atoms with Crippen molar-refractivity contribution in [2.24, 2.45) is 24.8 Å². The van der Waals surface area contributed by atoms with Crippen LogP contribution >= 0.6 is 0 Å². The highest BCUT2D eigenvalue weighted by atomic mass is 19.4. The van der Waals surface area contributed by atoms with Crippen LogP contribution < -0.4 is 15.9 Å². The average Bonchev–Trinajstić information content (AvgIpc) is 4.02. The molecule has 6 aliphatic heterocycles. The highest BCUT2D eigenvalue weighted by molar-refractivity contribution is 6.05. The number of ether oxygens (including phenoxy) is 1. The van der Waals surface area contributed by atoms with Gasteiger partial charge in [0.05, 0.1) is 30.0 Å². The van der Waals surface area contributed by atoms with E-state index in [-0.39, 0.29) is 35.1 Å². The molecule has 3 amide bonds. The van der Waals surface area contributed by atoms with Crippen molar-refractivity contribution in [1.29, 1.82) is 0 Å². The third kappa shape index (κ3) is 9.66. The summed E-state index contributed by atoms with van der Waals surface area (Å²) < 4.78 is 54.1. The van der Waals surface area contributed by atoms with Crippen LogP contribution in [-0.4, -0.2) is 121 Å². The zero-order valence-electron chi connectivity index (χ0n) is 40.4. The Morgan fingerprint density at radius 1 is 0.817 bits per heavy atom. The summed E-state index contributed by atoms with van der Waals surface area (Å²) in [6.07, 6.45) is 10.3. The number of likely N-dealkylation sites (tertiary alicyclic amines) is 2. The molecule has 0 spiro atoms. The lowest BCUT2D eigenvalue weighted by Gasteiger charge is -2.41. The number of aryl methyl sites for hydroxylation is 1. The van der Waals surface area contributed by atoms with Gasteiger partial charge in [0.1, 0.15) is 18.2 Å². The van der Waals surface area contributed by atoms with Crippen molar-refractivity contribution >= 4 is 28.9 Å². The van der Waals surface area contributed by atoms with Crippen LogP contribution in [0.25, 0.3) is 11.2 Å². The van der Waals surface area contributed by atoms with E-state index in [2.05, 4.69) is 36.3 Å². The predicted molar refractivity (Wildman–Crippen MR) is 259 cm³/mol. The van der Waals surface area contributed by atoms with Crippen molar-refractivity contribution in [3.63, 3.8) is 0 Å². The molecule has 15 nitrogen and oxygen atoms in total. The molecule has 1 N–H and O–H groups in total. The minimum Gasteiger partial charge on any atom is -0.379 e. The number of carbonyl (C=O) groups is 3. The van der Waals surface area contributed by atoms with Gasteiger partial charge >= 0.3 is 11.9 Å². The fourth-order valence-electron chi connectivity index (χ4n) is 12.4. The molecule has 0 bridgehead atoms. The van der Waals surface area contributed by atoms with Crippen LogP contribution in [0.5, 0.6) is 0 Å². The first-order chi connectivity index (χ1) is 34.3. The van der Waals surface area contributed by atoms with E-state index >= 15 is 0 Å². The second-order valence-corrected chi connectivity index (χ2v) is 21.4.